The minimum atomic E-state index is -0.144. The average molecular weight is 497 g/mol. The summed E-state index contributed by atoms with van der Waals surface area (Å²) in [6.07, 6.45) is 3.36. The number of benzene rings is 1. The minimum absolute atomic E-state index is 0.0879. The fourth-order valence-corrected chi connectivity index (χ4v) is 4.90. The van der Waals surface area contributed by atoms with Crippen LogP contribution in [0.25, 0.3) is 16.7 Å². The number of nitrogens with one attached hydrogen (secondary N) is 1. The molecule has 0 saturated heterocycles. The summed E-state index contributed by atoms with van der Waals surface area (Å²) in [6, 6.07) is 12.2. The van der Waals surface area contributed by atoms with Crippen molar-refractivity contribution in [3.63, 3.8) is 0 Å². The van der Waals surface area contributed by atoms with E-state index < -0.39 is 0 Å². The lowest BCUT2D eigenvalue weighted by atomic mass is 9.90. The molecule has 4 heterocycles. The zero-order chi connectivity index (χ0) is 26.5. The van der Waals surface area contributed by atoms with E-state index in [1.54, 1.807) is 17.1 Å². The van der Waals surface area contributed by atoms with E-state index in [0.29, 0.717) is 17.0 Å². The van der Waals surface area contributed by atoms with Gasteiger partial charge in [-0.2, -0.15) is 10.2 Å². The van der Waals surface area contributed by atoms with Gasteiger partial charge in [-0.25, -0.2) is 14.3 Å². The Balaban J connectivity index is 1.60. The maximum atomic E-state index is 13.4. The first-order valence-corrected chi connectivity index (χ1v) is 12.5. The third kappa shape index (κ3) is 4.49. The second-order valence-electron chi connectivity index (χ2n) is 11.1. The smallest absolute Gasteiger partial charge is 0.278 e. The predicted molar refractivity (Wildman–Crippen MR) is 144 cm³/mol. The lowest BCUT2D eigenvalue weighted by Gasteiger charge is -2.28. The summed E-state index contributed by atoms with van der Waals surface area (Å²) < 4.78 is 3.58. The van der Waals surface area contributed by atoms with Crippen LogP contribution in [0.4, 0.5) is 11.6 Å². The summed E-state index contributed by atoms with van der Waals surface area (Å²) in [6.45, 7) is 11.8. The Hall–Kier alpha value is -4.03. The Morgan fingerprint density at radius 1 is 1.16 bits per heavy atom. The van der Waals surface area contributed by atoms with Gasteiger partial charge in [0.05, 0.1) is 17.7 Å². The third-order valence-corrected chi connectivity index (χ3v) is 6.73. The van der Waals surface area contributed by atoms with Crippen LogP contribution in [0.15, 0.2) is 47.5 Å². The van der Waals surface area contributed by atoms with Crippen molar-refractivity contribution in [2.75, 3.05) is 18.9 Å². The number of likely N-dealkylation sites (N-methyl/N-ethyl adjacent to an activating group) is 1. The van der Waals surface area contributed by atoms with Gasteiger partial charge in [-0.05, 0) is 56.3 Å². The van der Waals surface area contributed by atoms with Gasteiger partial charge in [0.15, 0.2) is 5.65 Å². The first-order chi connectivity index (χ1) is 17.6. The van der Waals surface area contributed by atoms with Crippen LogP contribution in [0.2, 0.25) is 0 Å². The zero-order valence-electron chi connectivity index (χ0n) is 22.1. The molecular weight excluding hydrogens is 464 g/mol. The van der Waals surface area contributed by atoms with Crippen molar-refractivity contribution in [2.24, 2.45) is 0 Å². The molecular formula is C28H32N8O. The molecule has 1 N–H and O–H groups in total. The lowest BCUT2D eigenvalue weighted by molar-refractivity contribution is 0.300. The molecule has 1 unspecified atom stereocenters. The molecule has 190 valence electrons. The molecule has 0 amide bonds. The summed E-state index contributed by atoms with van der Waals surface area (Å²) in [5.41, 5.74) is 5.02. The Bertz CT molecular complexity index is 1580. The van der Waals surface area contributed by atoms with E-state index in [2.05, 4.69) is 47.0 Å². The van der Waals surface area contributed by atoms with E-state index in [-0.39, 0.29) is 22.9 Å². The lowest BCUT2D eigenvalue weighted by Crippen LogP contribution is -2.29. The van der Waals surface area contributed by atoms with Gasteiger partial charge in [0.1, 0.15) is 5.39 Å². The van der Waals surface area contributed by atoms with Crippen LogP contribution in [0, 0.1) is 11.3 Å². The largest absolute Gasteiger partial charge is 0.324 e. The van der Waals surface area contributed by atoms with E-state index in [9.17, 15) is 10.1 Å². The molecule has 1 aliphatic rings. The molecule has 3 aromatic heterocycles. The molecule has 9 heteroatoms. The highest BCUT2D eigenvalue weighted by Crippen LogP contribution is 2.30. The number of rotatable bonds is 4. The highest BCUT2D eigenvalue weighted by Gasteiger charge is 2.24. The highest BCUT2D eigenvalue weighted by molar-refractivity contribution is 5.77. The molecule has 1 aliphatic heterocycles. The molecule has 0 bridgehead atoms. The summed E-state index contributed by atoms with van der Waals surface area (Å²) in [7, 11) is 2.02. The quantitative estimate of drug-likeness (QED) is 0.438. The van der Waals surface area contributed by atoms with Crippen molar-refractivity contribution in [3.05, 3.63) is 69.9 Å². The molecule has 1 aromatic carbocycles. The molecule has 0 radical (unpaired) electrons. The Kier molecular flexibility index (Phi) is 6.08. The molecule has 0 fully saturated rings. The number of hydrogen-bond acceptors (Lipinski definition) is 7. The van der Waals surface area contributed by atoms with Gasteiger partial charge in [0.2, 0.25) is 5.95 Å². The number of nitrogens with zero attached hydrogens (tertiary/aromatic N) is 7. The van der Waals surface area contributed by atoms with E-state index in [1.807, 2.05) is 55.9 Å². The van der Waals surface area contributed by atoms with E-state index in [0.717, 1.165) is 41.3 Å². The van der Waals surface area contributed by atoms with Crippen LogP contribution in [-0.2, 0) is 12.0 Å². The monoisotopic (exact) mass is 496 g/mol. The standard InChI is InChI=1S/C28H32N8O/c1-17(2)35-26(37)23-14-31-27(32-20-7-8-22-18(11-20)15-34(6)16-19(22)13-29)33-25(23)36(35)21-9-10-30-24(12-21)28(3,4)5/h7-12,14,17,19H,15-16H2,1-6H3,(H,31,32,33). The first-order valence-electron chi connectivity index (χ1n) is 12.5. The van der Waals surface area contributed by atoms with E-state index in [1.165, 1.54) is 0 Å². The number of anilines is 2. The predicted octanol–water partition coefficient (Wildman–Crippen LogP) is 4.65. The number of pyridine rings is 1. The van der Waals surface area contributed by atoms with Crippen LogP contribution in [-0.4, -0.2) is 42.8 Å². The van der Waals surface area contributed by atoms with E-state index in [4.69, 9.17) is 4.98 Å². The summed E-state index contributed by atoms with van der Waals surface area (Å²) in [4.78, 5) is 29.3. The van der Waals surface area contributed by atoms with Crippen molar-refractivity contribution >= 4 is 22.7 Å². The van der Waals surface area contributed by atoms with Crippen molar-refractivity contribution < 1.29 is 0 Å². The normalized spacial score (nSPS) is 16.1. The maximum Gasteiger partial charge on any atom is 0.278 e. The molecule has 1 atom stereocenters. The Labute approximate surface area is 216 Å². The fraction of sp³-hybridized carbons (Fsp3) is 0.393. The second-order valence-corrected chi connectivity index (χ2v) is 11.1. The van der Waals surface area contributed by atoms with Gasteiger partial charge in [-0.15, -0.1) is 0 Å². The van der Waals surface area contributed by atoms with Crippen LogP contribution in [0.5, 0.6) is 0 Å². The molecule has 37 heavy (non-hydrogen) atoms. The van der Waals surface area contributed by atoms with Gasteiger partial charge in [0, 0.05) is 48.3 Å². The third-order valence-electron chi connectivity index (χ3n) is 6.73. The molecule has 0 spiro atoms. The highest BCUT2D eigenvalue weighted by atomic mass is 16.1. The number of hydrogen-bond donors (Lipinski definition) is 1. The van der Waals surface area contributed by atoms with Crippen LogP contribution in [0.3, 0.4) is 0 Å². The second kappa shape index (κ2) is 9.12. The number of fused-ring (bicyclic) bond motifs is 2. The van der Waals surface area contributed by atoms with Gasteiger partial charge in [-0.3, -0.25) is 9.78 Å². The Morgan fingerprint density at radius 2 is 1.95 bits per heavy atom. The fourth-order valence-electron chi connectivity index (χ4n) is 4.90. The summed E-state index contributed by atoms with van der Waals surface area (Å²) in [5.74, 6) is 0.257. The number of aromatic nitrogens is 5. The van der Waals surface area contributed by atoms with Gasteiger partial charge >= 0.3 is 0 Å². The first kappa shape index (κ1) is 24.7. The van der Waals surface area contributed by atoms with Crippen LogP contribution < -0.4 is 10.9 Å². The van der Waals surface area contributed by atoms with Gasteiger partial charge < -0.3 is 10.2 Å². The Morgan fingerprint density at radius 3 is 2.65 bits per heavy atom. The SMILES string of the molecule is CC(C)n1c(=O)c2cnc(Nc3ccc4c(c3)CN(C)CC4C#N)nc2n1-c1ccnc(C(C)(C)C)c1. The van der Waals surface area contributed by atoms with Crippen molar-refractivity contribution in [1.82, 2.24) is 29.2 Å². The van der Waals surface area contributed by atoms with Crippen LogP contribution >= 0.6 is 0 Å². The molecule has 9 nitrogen and oxygen atoms in total. The van der Waals surface area contributed by atoms with Crippen LogP contribution in [0.1, 0.15) is 63.4 Å². The van der Waals surface area contributed by atoms with Gasteiger partial charge in [-0.1, -0.05) is 26.8 Å². The molecule has 4 aromatic rings. The van der Waals surface area contributed by atoms with E-state index >= 15 is 0 Å². The molecule has 0 aliphatic carbocycles. The minimum Gasteiger partial charge on any atom is -0.324 e. The van der Waals surface area contributed by atoms with Crippen molar-refractivity contribution in [1.29, 1.82) is 5.26 Å². The topological polar surface area (TPSA) is 105 Å². The number of nitriles is 1. The van der Waals surface area contributed by atoms with Gasteiger partial charge in [0.25, 0.3) is 5.56 Å². The molecule has 0 saturated carbocycles. The maximum absolute atomic E-state index is 13.4. The average Bonchev–Trinajstić information content (AvgIpc) is 3.14. The molecule has 5 rings (SSSR count). The van der Waals surface area contributed by atoms with Crippen molar-refractivity contribution in [3.8, 4) is 11.8 Å². The van der Waals surface area contributed by atoms with Crippen molar-refractivity contribution in [2.45, 2.75) is 58.5 Å². The summed E-state index contributed by atoms with van der Waals surface area (Å²) in [5, 5.41) is 13.3. The summed E-state index contributed by atoms with van der Waals surface area (Å²) >= 11 is 0. The zero-order valence-corrected chi connectivity index (χ0v) is 22.1.